The number of hydrogen-bond acceptors (Lipinski definition) is 11. The van der Waals surface area contributed by atoms with Gasteiger partial charge < -0.3 is 50.5 Å². The second-order valence-corrected chi connectivity index (χ2v) is 17.6. The zero-order valence-electron chi connectivity index (χ0n) is 36.4. The van der Waals surface area contributed by atoms with E-state index >= 15 is 0 Å². The summed E-state index contributed by atoms with van der Waals surface area (Å²) in [6, 6.07) is 7.87. The smallest absolute Gasteiger partial charge is 0.453 e. The van der Waals surface area contributed by atoms with E-state index in [-0.39, 0.29) is 58.6 Å². The van der Waals surface area contributed by atoms with E-state index in [0.717, 1.165) is 22.7 Å². The summed E-state index contributed by atoms with van der Waals surface area (Å²) in [5.41, 5.74) is 2.65. The Morgan fingerprint density at radius 3 is 2.54 bits per heavy atom. The predicted molar refractivity (Wildman–Crippen MR) is 236 cm³/mol. The molecule has 2 aromatic carbocycles. The SMILES string of the molecule is COC(=O)NC(C(=O)N1CC(C)CC1c1nc2c3c(ccc2[nH]1)C=C(c1cc(Cl)c(C(=O)Nc2ccc(NCCNC(=O)C(C)(C)CO)nc2)cc1OC(F)(F)F)CC3)C1CCOCC1. The van der Waals surface area contributed by atoms with Gasteiger partial charge in [0.05, 0.1) is 58.7 Å². The number of H-pyrrole nitrogens is 1. The number of benzene rings is 2. The highest BCUT2D eigenvalue weighted by Gasteiger charge is 2.42. The van der Waals surface area contributed by atoms with E-state index in [1.807, 2.05) is 12.1 Å². The number of ether oxygens (including phenoxy) is 3. The number of imidazole rings is 1. The van der Waals surface area contributed by atoms with Crippen LogP contribution >= 0.6 is 11.6 Å². The molecule has 65 heavy (non-hydrogen) atoms. The molecule has 3 atom stereocenters. The number of carbonyl (C=O) groups excluding carboxylic acids is 4. The molecule has 4 aromatic rings. The zero-order valence-corrected chi connectivity index (χ0v) is 37.1. The van der Waals surface area contributed by atoms with E-state index in [1.54, 1.807) is 30.9 Å². The van der Waals surface area contributed by atoms with Crippen LogP contribution < -0.4 is 26.0 Å². The highest BCUT2D eigenvalue weighted by atomic mass is 35.5. The lowest BCUT2D eigenvalue weighted by molar-refractivity contribution is -0.274. The molecule has 4 heterocycles. The summed E-state index contributed by atoms with van der Waals surface area (Å²) in [7, 11) is 1.26. The fourth-order valence-corrected chi connectivity index (χ4v) is 8.68. The fourth-order valence-electron chi connectivity index (χ4n) is 8.43. The number of allylic oxidation sites excluding steroid dienone is 1. The number of fused-ring (bicyclic) bond motifs is 3. The van der Waals surface area contributed by atoms with Crippen molar-refractivity contribution in [2.24, 2.45) is 17.3 Å². The molecular formula is C45H52ClF3N8O8. The molecule has 3 aliphatic rings. The first kappa shape index (κ1) is 47.1. The molecule has 16 nitrogen and oxygen atoms in total. The monoisotopic (exact) mass is 924 g/mol. The van der Waals surface area contributed by atoms with Crippen LogP contribution in [0.4, 0.5) is 29.5 Å². The maximum absolute atomic E-state index is 14.2. The third-order valence-corrected chi connectivity index (χ3v) is 12.3. The van der Waals surface area contributed by atoms with Gasteiger partial charge in [0, 0.05) is 38.4 Å². The van der Waals surface area contributed by atoms with Crippen molar-refractivity contribution in [3.63, 3.8) is 0 Å². The second kappa shape index (κ2) is 19.7. The number of pyridine rings is 1. The molecule has 4 amide bonds. The largest absolute Gasteiger partial charge is 0.573 e. The summed E-state index contributed by atoms with van der Waals surface area (Å²) >= 11 is 6.62. The molecule has 0 saturated carbocycles. The molecule has 348 valence electrons. The Hall–Kier alpha value is -5.92. The van der Waals surface area contributed by atoms with Crippen LogP contribution in [-0.4, -0.2) is 108 Å². The number of alkyl halides is 3. The van der Waals surface area contributed by atoms with Gasteiger partial charge in [-0.25, -0.2) is 14.8 Å². The number of alkyl carbamates (subject to hydrolysis) is 1. The lowest BCUT2D eigenvalue weighted by atomic mass is 9.87. The Balaban J connectivity index is 1.09. The number of aromatic nitrogens is 3. The zero-order chi connectivity index (χ0) is 46.6. The molecule has 2 fully saturated rings. The lowest BCUT2D eigenvalue weighted by Crippen LogP contribution is -2.53. The van der Waals surface area contributed by atoms with Gasteiger partial charge in [-0.05, 0) is 105 Å². The van der Waals surface area contributed by atoms with Gasteiger partial charge in [0.1, 0.15) is 23.4 Å². The van der Waals surface area contributed by atoms with E-state index in [2.05, 4.69) is 42.9 Å². The van der Waals surface area contributed by atoms with Crippen molar-refractivity contribution in [1.82, 2.24) is 30.5 Å². The fraction of sp³-hybridized carbons (Fsp3) is 0.467. The normalized spacial score (nSPS) is 18.4. The number of rotatable bonds is 14. The van der Waals surface area contributed by atoms with Crippen LogP contribution in [0, 0.1) is 17.3 Å². The quantitative estimate of drug-likeness (QED) is 0.0721. The third-order valence-electron chi connectivity index (χ3n) is 12.0. The standard InChI is InChI=1S/C45H52ClF3N8O8/c1-24-17-34(57(22-24)41(60)37(56-43(62)63-4)25-11-15-64-16-12-25)39-54-33-9-6-26-18-27(5-8-29(26)38(33)55-39)30-19-32(46)31(20-35(30)65-45(47,48)49)40(59)53-28-7-10-36(52-21-28)50-13-14-51-42(61)44(2,3)23-58/h6-7,9-10,18-21,24-25,34,37,58H,5,8,11-17,22-23H2,1-4H3,(H,50,52)(H,51,61)(H,53,59)(H,54,55)(H,56,62). The van der Waals surface area contributed by atoms with Crippen LogP contribution in [0.2, 0.25) is 5.02 Å². The van der Waals surface area contributed by atoms with Crippen LogP contribution in [0.3, 0.4) is 0 Å². The molecule has 6 N–H and O–H groups in total. The molecule has 2 saturated heterocycles. The van der Waals surface area contributed by atoms with Crippen LogP contribution in [-0.2, 0) is 25.5 Å². The van der Waals surface area contributed by atoms with Gasteiger partial charge in [-0.3, -0.25) is 14.4 Å². The minimum absolute atomic E-state index is 0.0688. The van der Waals surface area contributed by atoms with Crippen molar-refractivity contribution < 1.29 is 51.7 Å². The number of halogens is 4. The number of aliphatic hydroxyl groups is 1. The van der Waals surface area contributed by atoms with Crippen molar-refractivity contribution in [1.29, 1.82) is 0 Å². The van der Waals surface area contributed by atoms with Gasteiger partial charge in [0.25, 0.3) is 5.91 Å². The first-order valence-electron chi connectivity index (χ1n) is 21.4. The van der Waals surface area contributed by atoms with Crippen molar-refractivity contribution in [2.75, 3.05) is 57.2 Å². The molecule has 7 rings (SSSR count). The van der Waals surface area contributed by atoms with Gasteiger partial charge in [-0.1, -0.05) is 30.7 Å². The van der Waals surface area contributed by atoms with Crippen LogP contribution in [0.15, 0.2) is 42.6 Å². The van der Waals surface area contributed by atoms with Gasteiger partial charge in [0.2, 0.25) is 11.8 Å². The molecular weight excluding hydrogens is 873 g/mol. The summed E-state index contributed by atoms with van der Waals surface area (Å²) in [4.78, 5) is 66.7. The highest BCUT2D eigenvalue weighted by molar-refractivity contribution is 6.34. The van der Waals surface area contributed by atoms with Crippen molar-refractivity contribution in [3.8, 4) is 5.75 Å². The van der Waals surface area contributed by atoms with E-state index < -0.39 is 41.6 Å². The number of likely N-dealkylation sites (tertiary alicyclic amines) is 1. The maximum atomic E-state index is 14.2. The number of nitrogens with one attached hydrogen (secondary N) is 5. The lowest BCUT2D eigenvalue weighted by Gasteiger charge is -2.34. The van der Waals surface area contributed by atoms with Gasteiger partial charge >= 0.3 is 12.5 Å². The minimum Gasteiger partial charge on any atom is -0.453 e. The molecule has 3 unspecified atom stereocenters. The number of hydrogen-bond donors (Lipinski definition) is 6. The number of aryl methyl sites for hydroxylation is 1. The van der Waals surface area contributed by atoms with Gasteiger partial charge in [-0.15, -0.1) is 13.2 Å². The average molecular weight is 925 g/mol. The Labute approximate surface area is 378 Å². The number of nitrogens with zero attached hydrogens (tertiary/aromatic N) is 3. The van der Waals surface area contributed by atoms with Gasteiger partial charge in [-0.2, -0.15) is 0 Å². The van der Waals surface area contributed by atoms with Gasteiger partial charge in [0.15, 0.2) is 0 Å². The molecule has 0 spiro atoms. The topological polar surface area (TPSA) is 209 Å². The number of anilines is 2. The van der Waals surface area contributed by atoms with Crippen LogP contribution in [0.1, 0.15) is 85.4 Å². The van der Waals surface area contributed by atoms with E-state index in [0.29, 0.717) is 81.1 Å². The van der Waals surface area contributed by atoms with E-state index in [9.17, 15) is 37.5 Å². The van der Waals surface area contributed by atoms with Crippen molar-refractivity contribution in [2.45, 2.75) is 71.3 Å². The summed E-state index contributed by atoms with van der Waals surface area (Å²) < 4.78 is 56.6. The number of amides is 4. The first-order valence-corrected chi connectivity index (χ1v) is 21.8. The summed E-state index contributed by atoms with van der Waals surface area (Å²) in [5.74, 6) is -0.855. The Kier molecular flexibility index (Phi) is 14.2. The van der Waals surface area contributed by atoms with Crippen LogP contribution in [0.5, 0.6) is 5.75 Å². The van der Waals surface area contributed by atoms with E-state index in [4.69, 9.17) is 26.1 Å². The molecule has 0 radical (unpaired) electrons. The Bertz CT molecular complexity index is 2460. The van der Waals surface area contributed by atoms with Crippen LogP contribution in [0.25, 0.3) is 22.7 Å². The summed E-state index contributed by atoms with van der Waals surface area (Å²) in [6.07, 6.45) is -0.0929. The molecule has 0 bridgehead atoms. The maximum Gasteiger partial charge on any atom is 0.573 e. The molecule has 20 heteroatoms. The molecule has 2 aromatic heterocycles. The predicted octanol–water partition coefficient (Wildman–Crippen LogP) is 6.86. The number of aliphatic hydroxyl groups excluding tert-OH is 1. The Morgan fingerprint density at radius 1 is 1.08 bits per heavy atom. The van der Waals surface area contributed by atoms with Crippen molar-refractivity contribution in [3.05, 3.63) is 75.7 Å². The first-order chi connectivity index (χ1) is 30.9. The minimum atomic E-state index is -5.08. The van der Waals surface area contributed by atoms with E-state index in [1.165, 1.54) is 25.4 Å². The summed E-state index contributed by atoms with van der Waals surface area (Å²) in [5, 5.41) is 20.4. The third kappa shape index (κ3) is 11.0. The summed E-state index contributed by atoms with van der Waals surface area (Å²) in [6.45, 7) is 7.03. The number of methoxy groups -OCH3 is 1. The molecule has 1 aliphatic carbocycles. The number of carbonyl (C=O) groups is 4. The Morgan fingerprint density at radius 2 is 1.85 bits per heavy atom. The average Bonchev–Trinajstić information content (AvgIpc) is 3.91. The second-order valence-electron chi connectivity index (χ2n) is 17.2. The molecule has 2 aliphatic heterocycles. The number of aromatic amines is 1. The van der Waals surface area contributed by atoms with Crippen molar-refractivity contribution >= 4 is 69.6 Å². The highest BCUT2D eigenvalue weighted by Crippen LogP contribution is 2.42.